The molecule has 132 valence electrons. The Labute approximate surface area is 136 Å². The van der Waals surface area contributed by atoms with Crippen molar-refractivity contribution in [3.05, 3.63) is 0 Å². The Balaban J connectivity index is 0.00000211. The standard InChI is InChI=1S/C14H30N4O2.C2H6/c1-2-17-9-3-5-16-8-12-18(13-14(19)20)10-4-6-15-7-11-17;1-2/h15-16H,2-13H2,1H3,(H,19,20);1-2H3. The van der Waals surface area contributed by atoms with Gasteiger partial charge in [-0.25, -0.2) is 0 Å². The van der Waals surface area contributed by atoms with Crippen LogP contribution in [-0.2, 0) is 4.79 Å². The number of hydrogen-bond donors (Lipinski definition) is 3. The van der Waals surface area contributed by atoms with Gasteiger partial charge in [-0.2, -0.15) is 0 Å². The van der Waals surface area contributed by atoms with Crippen molar-refractivity contribution in [2.24, 2.45) is 0 Å². The summed E-state index contributed by atoms with van der Waals surface area (Å²) in [5, 5.41) is 15.8. The largest absolute Gasteiger partial charge is 0.480 e. The number of nitrogens with one attached hydrogen (secondary N) is 2. The van der Waals surface area contributed by atoms with E-state index in [0.29, 0.717) is 0 Å². The van der Waals surface area contributed by atoms with Crippen LogP contribution in [0.3, 0.4) is 0 Å². The molecule has 1 heterocycles. The molecule has 0 radical (unpaired) electrons. The predicted molar refractivity (Wildman–Crippen MR) is 92.5 cm³/mol. The van der Waals surface area contributed by atoms with Crippen LogP contribution in [0.5, 0.6) is 0 Å². The van der Waals surface area contributed by atoms with E-state index in [1.807, 2.05) is 18.7 Å². The molecule has 0 atom stereocenters. The van der Waals surface area contributed by atoms with Gasteiger partial charge in [0.15, 0.2) is 0 Å². The average Bonchev–Trinajstić information content (AvgIpc) is 2.52. The maximum Gasteiger partial charge on any atom is 0.317 e. The van der Waals surface area contributed by atoms with Crippen molar-refractivity contribution in [3.8, 4) is 0 Å². The van der Waals surface area contributed by atoms with E-state index in [4.69, 9.17) is 5.11 Å². The van der Waals surface area contributed by atoms with E-state index >= 15 is 0 Å². The lowest BCUT2D eigenvalue weighted by atomic mass is 10.3. The summed E-state index contributed by atoms with van der Waals surface area (Å²) in [4.78, 5) is 15.3. The number of carbonyl (C=O) groups is 1. The predicted octanol–water partition coefficient (Wildman–Crippen LogP) is 0.694. The lowest BCUT2D eigenvalue weighted by Gasteiger charge is -2.23. The van der Waals surface area contributed by atoms with Crippen molar-refractivity contribution in [3.63, 3.8) is 0 Å². The highest BCUT2D eigenvalue weighted by Gasteiger charge is 2.09. The molecule has 0 amide bonds. The quantitative estimate of drug-likeness (QED) is 0.712. The summed E-state index contributed by atoms with van der Waals surface area (Å²) in [5.74, 6) is -0.738. The van der Waals surface area contributed by atoms with Crippen LogP contribution >= 0.6 is 0 Å². The molecule has 3 N–H and O–H groups in total. The normalized spacial score (nSPS) is 20.5. The molecule has 0 aliphatic carbocycles. The van der Waals surface area contributed by atoms with Crippen LogP contribution in [0.15, 0.2) is 0 Å². The Kier molecular flexibility index (Phi) is 14.7. The van der Waals surface area contributed by atoms with E-state index in [1.54, 1.807) is 0 Å². The second kappa shape index (κ2) is 15.2. The van der Waals surface area contributed by atoms with Crippen LogP contribution in [0.4, 0.5) is 0 Å². The Morgan fingerprint density at radius 2 is 1.41 bits per heavy atom. The Hall–Kier alpha value is -0.690. The highest BCUT2D eigenvalue weighted by Crippen LogP contribution is 1.94. The van der Waals surface area contributed by atoms with E-state index in [0.717, 1.165) is 71.7 Å². The number of carboxylic acids is 1. The fraction of sp³-hybridized carbons (Fsp3) is 0.938. The van der Waals surface area contributed by atoms with Crippen LogP contribution in [0, 0.1) is 0 Å². The number of nitrogens with zero attached hydrogens (tertiary/aromatic N) is 2. The van der Waals surface area contributed by atoms with E-state index in [9.17, 15) is 4.79 Å². The summed E-state index contributed by atoms with van der Waals surface area (Å²) in [6, 6.07) is 0. The van der Waals surface area contributed by atoms with Gasteiger partial charge in [0.05, 0.1) is 6.54 Å². The highest BCUT2D eigenvalue weighted by molar-refractivity contribution is 5.69. The van der Waals surface area contributed by atoms with Gasteiger partial charge in [0.2, 0.25) is 0 Å². The number of hydrogen-bond acceptors (Lipinski definition) is 5. The summed E-state index contributed by atoms with van der Waals surface area (Å²) in [5.41, 5.74) is 0. The molecule has 6 heteroatoms. The average molecular weight is 316 g/mol. The smallest absolute Gasteiger partial charge is 0.317 e. The van der Waals surface area contributed by atoms with Crippen molar-refractivity contribution in [2.75, 3.05) is 65.4 Å². The molecule has 1 aliphatic heterocycles. The second-order valence-corrected chi connectivity index (χ2v) is 5.31. The maximum absolute atomic E-state index is 10.8. The van der Waals surface area contributed by atoms with Crippen LogP contribution in [0.25, 0.3) is 0 Å². The van der Waals surface area contributed by atoms with E-state index in [-0.39, 0.29) is 6.54 Å². The molecular formula is C16H36N4O2. The molecule has 6 nitrogen and oxygen atoms in total. The fourth-order valence-corrected chi connectivity index (χ4v) is 2.47. The minimum atomic E-state index is -0.738. The summed E-state index contributed by atoms with van der Waals surface area (Å²) in [6.45, 7) is 15.2. The molecule has 0 aromatic carbocycles. The summed E-state index contributed by atoms with van der Waals surface area (Å²) in [6.07, 6.45) is 2.15. The summed E-state index contributed by atoms with van der Waals surface area (Å²) >= 11 is 0. The second-order valence-electron chi connectivity index (χ2n) is 5.31. The van der Waals surface area contributed by atoms with Crippen LogP contribution in [-0.4, -0.2) is 86.3 Å². The van der Waals surface area contributed by atoms with Gasteiger partial charge >= 0.3 is 5.97 Å². The van der Waals surface area contributed by atoms with Gasteiger partial charge in [-0.15, -0.1) is 0 Å². The lowest BCUT2D eigenvalue weighted by molar-refractivity contribution is -0.138. The Morgan fingerprint density at radius 3 is 1.91 bits per heavy atom. The van der Waals surface area contributed by atoms with E-state index < -0.39 is 5.97 Å². The van der Waals surface area contributed by atoms with Crippen LogP contribution in [0.1, 0.15) is 33.6 Å². The van der Waals surface area contributed by atoms with Gasteiger partial charge in [0, 0.05) is 26.2 Å². The zero-order chi connectivity index (χ0) is 16.6. The molecule has 0 bridgehead atoms. The molecule has 0 aromatic heterocycles. The van der Waals surface area contributed by atoms with Gasteiger partial charge < -0.3 is 20.6 Å². The summed E-state index contributed by atoms with van der Waals surface area (Å²) < 4.78 is 0. The highest BCUT2D eigenvalue weighted by atomic mass is 16.4. The minimum Gasteiger partial charge on any atom is -0.480 e. The lowest BCUT2D eigenvalue weighted by Crippen LogP contribution is -2.39. The molecular weight excluding hydrogens is 280 g/mol. The zero-order valence-corrected chi connectivity index (χ0v) is 14.7. The maximum atomic E-state index is 10.8. The molecule has 1 aliphatic rings. The topological polar surface area (TPSA) is 67.8 Å². The Bertz CT molecular complexity index is 249. The fourth-order valence-electron chi connectivity index (χ4n) is 2.47. The molecule has 0 aromatic rings. The van der Waals surface area contributed by atoms with Gasteiger partial charge in [-0.05, 0) is 45.6 Å². The first-order valence-electron chi connectivity index (χ1n) is 8.80. The van der Waals surface area contributed by atoms with Crippen molar-refractivity contribution in [2.45, 2.75) is 33.6 Å². The van der Waals surface area contributed by atoms with Crippen LogP contribution < -0.4 is 10.6 Å². The number of rotatable bonds is 3. The first kappa shape index (κ1) is 21.3. The number of carboxylic acid groups (broad SMARTS) is 1. The third-order valence-electron chi connectivity index (χ3n) is 3.67. The molecule has 22 heavy (non-hydrogen) atoms. The van der Waals surface area contributed by atoms with Crippen molar-refractivity contribution in [1.82, 2.24) is 20.4 Å². The molecule has 1 rings (SSSR count). The van der Waals surface area contributed by atoms with Crippen LogP contribution in [0.2, 0.25) is 0 Å². The molecule has 0 unspecified atom stereocenters. The Morgan fingerprint density at radius 1 is 0.909 bits per heavy atom. The van der Waals surface area contributed by atoms with Crippen molar-refractivity contribution >= 4 is 5.97 Å². The third kappa shape index (κ3) is 11.9. The van der Waals surface area contributed by atoms with E-state index in [1.165, 1.54) is 0 Å². The SMILES string of the molecule is CC.CCN1CCCNCCN(CC(=O)O)CCCNCC1. The van der Waals surface area contributed by atoms with Crippen molar-refractivity contribution < 1.29 is 9.90 Å². The van der Waals surface area contributed by atoms with Gasteiger partial charge in [-0.3, -0.25) is 9.69 Å². The minimum absolute atomic E-state index is 0.144. The first-order valence-corrected chi connectivity index (χ1v) is 8.80. The third-order valence-corrected chi connectivity index (χ3v) is 3.67. The number of likely N-dealkylation sites (N-methyl/N-ethyl adjacent to an activating group) is 1. The zero-order valence-electron chi connectivity index (χ0n) is 14.7. The molecule has 0 spiro atoms. The molecule has 1 fully saturated rings. The van der Waals surface area contributed by atoms with E-state index in [2.05, 4.69) is 22.5 Å². The number of aliphatic carboxylic acids is 1. The first-order chi connectivity index (χ1) is 10.7. The monoisotopic (exact) mass is 316 g/mol. The van der Waals surface area contributed by atoms with Gasteiger partial charge in [0.25, 0.3) is 0 Å². The van der Waals surface area contributed by atoms with Crippen molar-refractivity contribution in [1.29, 1.82) is 0 Å². The van der Waals surface area contributed by atoms with Gasteiger partial charge in [0.1, 0.15) is 0 Å². The summed E-state index contributed by atoms with van der Waals surface area (Å²) in [7, 11) is 0. The molecule has 0 saturated carbocycles. The van der Waals surface area contributed by atoms with Gasteiger partial charge in [-0.1, -0.05) is 20.8 Å². The molecule has 1 saturated heterocycles.